The maximum Gasteiger partial charge on any atom is 0.371 e. The minimum atomic E-state index is -1.30. The van der Waals surface area contributed by atoms with Gasteiger partial charge in [-0.05, 0) is 30.3 Å². The summed E-state index contributed by atoms with van der Waals surface area (Å²) in [6, 6.07) is 12.8. The molecule has 2 amide bonds. The summed E-state index contributed by atoms with van der Waals surface area (Å²) in [6.45, 7) is 3.52. The fraction of sp³-hybridized carbons (Fsp3) is 0.345. The van der Waals surface area contributed by atoms with Crippen molar-refractivity contribution in [3.8, 4) is 11.5 Å². The molecule has 13 heteroatoms. The van der Waals surface area contributed by atoms with Gasteiger partial charge in [0.25, 0.3) is 5.91 Å². The van der Waals surface area contributed by atoms with Crippen LogP contribution in [0.3, 0.4) is 0 Å². The molecule has 3 aromatic rings. The number of furan rings is 1. The normalized spacial score (nSPS) is 16.6. The van der Waals surface area contributed by atoms with E-state index in [0.29, 0.717) is 33.3 Å². The molecular weight excluding hydrogens is 783 g/mol. The Hall–Kier alpha value is -2.62. The Bertz CT molecular complexity index is 1460. The van der Waals surface area contributed by atoms with Crippen molar-refractivity contribution in [2.75, 3.05) is 37.6 Å². The third-order valence-electron chi connectivity index (χ3n) is 6.58. The zero-order chi connectivity index (χ0) is 29.9. The second-order valence-corrected chi connectivity index (χ2v) is 10.7. The van der Waals surface area contributed by atoms with E-state index in [1.807, 2.05) is 13.8 Å². The second kappa shape index (κ2) is 14.2. The standard InChI is InChI=1S/C29H31ClN2O9.Ac/c1-29(2,15-33)14-32-19-9-8-16(30)12-18(19)25(17-6-5-7-20(38-3)26(17)39-4)41-22(27(32)35)13-23(34)31-24-11-10-21(40-24)28(36)37;/h5-12,22,25,33H,13-15H2,1-4H3,(H,31,34)(H,36,37);/t22-,25-;/m1./s1. The Morgan fingerprint density at radius 3 is 2.45 bits per heavy atom. The summed E-state index contributed by atoms with van der Waals surface area (Å²) in [5, 5.41) is 22.0. The molecule has 0 aliphatic carbocycles. The molecule has 4 rings (SSSR count). The molecule has 221 valence electrons. The van der Waals surface area contributed by atoms with Gasteiger partial charge in [0.05, 0.1) is 20.6 Å². The number of aliphatic hydroxyl groups is 1. The summed E-state index contributed by atoms with van der Waals surface area (Å²) < 4.78 is 22.7. The number of aliphatic hydroxyl groups excluding tert-OH is 1. The largest absolute Gasteiger partial charge is 0.493 e. The summed E-state index contributed by atoms with van der Waals surface area (Å²) in [7, 11) is 2.98. The Balaban J connectivity index is 0.00000484. The number of rotatable bonds is 10. The maximum atomic E-state index is 14.1. The number of amides is 2. The van der Waals surface area contributed by atoms with E-state index >= 15 is 0 Å². The van der Waals surface area contributed by atoms with Crippen LogP contribution in [0.25, 0.3) is 0 Å². The fourth-order valence-electron chi connectivity index (χ4n) is 4.58. The SMILES string of the molecule is COc1cccc([C@H]2O[C@H](CC(=O)Nc3ccc(C(=O)O)o3)C(=O)N(CC(C)(C)CO)c3ccc(Cl)cc32)c1OC.[Ac]. The Morgan fingerprint density at radius 2 is 1.83 bits per heavy atom. The van der Waals surface area contributed by atoms with Gasteiger partial charge in [-0.2, -0.15) is 0 Å². The van der Waals surface area contributed by atoms with E-state index in [4.69, 9.17) is 35.3 Å². The number of benzene rings is 2. The van der Waals surface area contributed by atoms with Gasteiger partial charge >= 0.3 is 5.97 Å². The van der Waals surface area contributed by atoms with E-state index in [0.717, 1.165) is 0 Å². The van der Waals surface area contributed by atoms with Crippen LogP contribution in [-0.2, 0) is 14.3 Å². The number of nitrogens with one attached hydrogen (secondary N) is 1. The number of fused-ring (bicyclic) bond motifs is 1. The molecule has 2 aromatic carbocycles. The zero-order valence-electron chi connectivity index (χ0n) is 23.5. The van der Waals surface area contributed by atoms with Gasteiger partial charge in [-0.1, -0.05) is 37.6 Å². The van der Waals surface area contributed by atoms with Crippen molar-refractivity contribution in [2.45, 2.75) is 32.5 Å². The number of carboxylic acid groups (broad SMARTS) is 1. The summed E-state index contributed by atoms with van der Waals surface area (Å²) >= 11 is 6.42. The first-order valence-corrected chi connectivity index (χ1v) is 13.1. The number of carboxylic acids is 1. The summed E-state index contributed by atoms with van der Waals surface area (Å²) in [6.07, 6.45) is -2.65. The van der Waals surface area contributed by atoms with E-state index in [2.05, 4.69) is 5.32 Å². The molecule has 42 heavy (non-hydrogen) atoms. The van der Waals surface area contributed by atoms with Crippen LogP contribution in [0.15, 0.2) is 52.9 Å². The zero-order valence-corrected chi connectivity index (χ0v) is 29.1. The van der Waals surface area contributed by atoms with Gasteiger partial charge in [0.1, 0.15) is 12.2 Å². The van der Waals surface area contributed by atoms with Crippen molar-refractivity contribution in [1.82, 2.24) is 0 Å². The summed E-state index contributed by atoms with van der Waals surface area (Å²) in [5.41, 5.74) is 0.880. The number of hydrogen-bond donors (Lipinski definition) is 3. The molecule has 0 saturated heterocycles. The van der Waals surface area contributed by atoms with Crippen molar-refractivity contribution < 1.29 is 87.3 Å². The predicted octanol–water partition coefficient (Wildman–Crippen LogP) is 4.52. The number of ether oxygens (including phenoxy) is 3. The number of para-hydroxylation sites is 1. The first-order chi connectivity index (χ1) is 19.5. The third-order valence-corrected chi connectivity index (χ3v) is 6.82. The number of anilines is 2. The van der Waals surface area contributed by atoms with Crippen molar-refractivity contribution in [3.05, 3.63) is 70.4 Å². The van der Waals surface area contributed by atoms with E-state index in [1.54, 1.807) is 36.4 Å². The minimum Gasteiger partial charge on any atom is -0.493 e. The predicted molar refractivity (Wildman–Crippen MR) is 150 cm³/mol. The van der Waals surface area contributed by atoms with E-state index in [9.17, 15) is 19.5 Å². The molecule has 0 saturated carbocycles. The Morgan fingerprint density at radius 1 is 1.10 bits per heavy atom. The van der Waals surface area contributed by atoms with Crippen LogP contribution < -0.4 is 19.7 Å². The molecule has 0 bridgehead atoms. The maximum absolute atomic E-state index is 14.1. The number of hydrogen-bond acceptors (Lipinski definition) is 8. The van der Waals surface area contributed by atoms with E-state index in [1.165, 1.54) is 31.3 Å². The van der Waals surface area contributed by atoms with Crippen LogP contribution >= 0.6 is 11.6 Å². The number of nitrogens with zero attached hydrogens (tertiary/aromatic N) is 1. The topological polar surface area (TPSA) is 148 Å². The molecule has 2 atom stereocenters. The van der Waals surface area contributed by atoms with Gasteiger partial charge in [0.2, 0.25) is 17.6 Å². The van der Waals surface area contributed by atoms with Gasteiger partial charge in [-0.25, -0.2) is 4.79 Å². The van der Waals surface area contributed by atoms with Gasteiger partial charge in [0, 0.05) is 90.5 Å². The molecule has 0 unspecified atom stereocenters. The second-order valence-electron chi connectivity index (χ2n) is 10.3. The average molecular weight is 814 g/mol. The van der Waals surface area contributed by atoms with Gasteiger partial charge in [-0.15, -0.1) is 0 Å². The van der Waals surface area contributed by atoms with Crippen LogP contribution in [0.5, 0.6) is 11.5 Å². The van der Waals surface area contributed by atoms with Crippen LogP contribution in [0.2, 0.25) is 5.02 Å². The van der Waals surface area contributed by atoms with Crippen molar-refractivity contribution >= 4 is 41.0 Å². The summed E-state index contributed by atoms with van der Waals surface area (Å²) in [5.74, 6) is -2.07. The van der Waals surface area contributed by atoms with Crippen LogP contribution in [0.1, 0.15) is 48.1 Å². The van der Waals surface area contributed by atoms with Gasteiger partial charge in [-0.3, -0.25) is 14.9 Å². The first kappa shape index (κ1) is 33.9. The van der Waals surface area contributed by atoms with Crippen molar-refractivity contribution in [3.63, 3.8) is 0 Å². The van der Waals surface area contributed by atoms with Gasteiger partial charge in [0.15, 0.2) is 11.5 Å². The molecular formula is C29H31AcClN2O9. The number of aromatic carboxylic acids is 1. The quantitative estimate of drug-likeness (QED) is 0.269. The van der Waals surface area contributed by atoms with E-state index in [-0.39, 0.29) is 68.9 Å². The van der Waals surface area contributed by atoms with Crippen LogP contribution in [0, 0.1) is 49.5 Å². The molecule has 0 fully saturated rings. The van der Waals surface area contributed by atoms with E-state index < -0.39 is 41.8 Å². The first-order valence-electron chi connectivity index (χ1n) is 12.7. The number of methoxy groups -OCH3 is 2. The molecule has 1 aliphatic heterocycles. The molecule has 1 aromatic heterocycles. The summed E-state index contributed by atoms with van der Waals surface area (Å²) in [4.78, 5) is 39.8. The number of carbonyl (C=O) groups excluding carboxylic acids is 2. The molecule has 1 radical (unpaired) electrons. The number of halogens is 1. The molecule has 0 spiro atoms. The average Bonchev–Trinajstić information content (AvgIpc) is 3.38. The van der Waals surface area contributed by atoms with Gasteiger partial charge < -0.3 is 33.7 Å². The monoisotopic (exact) mass is 813 g/mol. The molecule has 11 nitrogen and oxygen atoms in total. The van der Waals surface area contributed by atoms with Crippen LogP contribution in [-0.4, -0.2) is 61.5 Å². The third kappa shape index (κ3) is 7.47. The van der Waals surface area contributed by atoms with Crippen molar-refractivity contribution in [1.29, 1.82) is 0 Å². The number of carbonyl (C=O) groups is 3. The Kier molecular flexibility index (Phi) is 11.5. The van der Waals surface area contributed by atoms with Crippen molar-refractivity contribution in [2.24, 2.45) is 5.41 Å². The molecule has 2 heterocycles. The molecule has 3 N–H and O–H groups in total. The van der Waals surface area contributed by atoms with Crippen LogP contribution in [0.4, 0.5) is 11.6 Å². The molecule has 1 aliphatic rings. The fourth-order valence-corrected chi connectivity index (χ4v) is 4.76. The Labute approximate surface area is 283 Å². The minimum absolute atomic E-state index is 0. The smallest absolute Gasteiger partial charge is 0.371 e.